The van der Waals surface area contributed by atoms with Gasteiger partial charge in [-0.3, -0.25) is 9.59 Å². The number of carbonyl (C=O) groups is 2. The molecule has 1 aromatic rings. The molecule has 0 spiro atoms. The molecule has 6 nitrogen and oxygen atoms in total. The second-order valence-electron chi connectivity index (χ2n) is 4.88. The molecule has 0 bridgehead atoms. The number of anilines is 1. The molecular weight excluding hydrogens is 272 g/mol. The van der Waals surface area contributed by atoms with E-state index >= 15 is 0 Å². The van der Waals surface area contributed by atoms with Crippen molar-refractivity contribution in [2.75, 3.05) is 32.6 Å². The van der Waals surface area contributed by atoms with E-state index in [4.69, 9.17) is 9.47 Å². The Bertz CT molecular complexity index is 524. The maximum Gasteiger partial charge on any atom is 0.233 e. The number of amides is 2. The topological polar surface area (TPSA) is 67.9 Å². The highest BCUT2D eigenvalue weighted by atomic mass is 16.5. The summed E-state index contributed by atoms with van der Waals surface area (Å²) >= 11 is 0. The molecule has 1 aliphatic heterocycles. The first kappa shape index (κ1) is 15.2. The summed E-state index contributed by atoms with van der Waals surface area (Å²) in [5.74, 6) is 0.669. The number of ether oxygens (including phenoxy) is 2. The lowest BCUT2D eigenvalue weighted by molar-refractivity contribution is -0.133. The Morgan fingerprint density at radius 3 is 2.52 bits per heavy atom. The Labute approximate surface area is 124 Å². The Morgan fingerprint density at radius 2 is 1.90 bits per heavy atom. The van der Waals surface area contributed by atoms with Gasteiger partial charge in [-0.2, -0.15) is 0 Å². The zero-order valence-corrected chi connectivity index (χ0v) is 12.3. The molecule has 0 aromatic heterocycles. The Hall–Kier alpha value is -2.24. The van der Waals surface area contributed by atoms with Crippen LogP contribution in [-0.4, -0.2) is 44.0 Å². The summed E-state index contributed by atoms with van der Waals surface area (Å²) in [6.07, 6.45) is 1.88. The third kappa shape index (κ3) is 3.87. The third-order valence-corrected chi connectivity index (χ3v) is 3.45. The maximum absolute atomic E-state index is 12.0. The van der Waals surface area contributed by atoms with Crippen LogP contribution in [0.2, 0.25) is 0 Å². The average molecular weight is 292 g/mol. The molecule has 0 radical (unpaired) electrons. The van der Waals surface area contributed by atoms with E-state index in [0.717, 1.165) is 25.9 Å². The second-order valence-corrected chi connectivity index (χ2v) is 4.88. The summed E-state index contributed by atoms with van der Waals surface area (Å²) in [5.41, 5.74) is 0.525. The zero-order valence-electron chi connectivity index (χ0n) is 12.3. The van der Waals surface area contributed by atoms with Gasteiger partial charge in [0.25, 0.3) is 0 Å². The first-order valence-corrected chi connectivity index (χ1v) is 6.93. The fraction of sp³-hybridized carbons (Fsp3) is 0.467. The van der Waals surface area contributed by atoms with Gasteiger partial charge in [-0.1, -0.05) is 0 Å². The largest absolute Gasteiger partial charge is 0.497 e. The van der Waals surface area contributed by atoms with E-state index < -0.39 is 0 Å². The third-order valence-electron chi connectivity index (χ3n) is 3.45. The van der Waals surface area contributed by atoms with Crippen LogP contribution in [-0.2, 0) is 9.59 Å². The van der Waals surface area contributed by atoms with Crippen LogP contribution in [0, 0.1) is 0 Å². The summed E-state index contributed by atoms with van der Waals surface area (Å²) in [7, 11) is 3.07. The minimum absolute atomic E-state index is 0.127. The quantitative estimate of drug-likeness (QED) is 0.838. The van der Waals surface area contributed by atoms with Gasteiger partial charge in [0.2, 0.25) is 11.8 Å². The van der Waals surface area contributed by atoms with Crippen LogP contribution in [0.5, 0.6) is 11.5 Å². The summed E-state index contributed by atoms with van der Waals surface area (Å²) in [6, 6.07) is 5.09. The van der Waals surface area contributed by atoms with Gasteiger partial charge in [-0.25, -0.2) is 0 Å². The highest BCUT2D eigenvalue weighted by molar-refractivity contribution is 6.04. The van der Waals surface area contributed by atoms with Gasteiger partial charge in [0.1, 0.15) is 17.9 Å². The normalized spacial score (nSPS) is 13.9. The lowest BCUT2D eigenvalue weighted by atomic mass is 10.2. The van der Waals surface area contributed by atoms with Gasteiger partial charge in [-0.15, -0.1) is 0 Å². The monoisotopic (exact) mass is 292 g/mol. The van der Waals surface area contributed by atoms with Crippen molar-refractivity contribution in [1.82, 2.24) is 4.90 Å². The molecule has 1 heterocycles. The van der Waals surface area contributed by atoms with E-state index in [0.29, 0.717) is 17.2 Å². The van der Waals surface area contributed by atoms with Crippen LogP contribution in [0.3, 0.4) is 0 Å². The molecule has 1 aromatic carbocycles. The first-order valence-electron chi connectivity index (χ1n) is 6.93. The molecular formula is C15H20N2O4. The Morgan fingerprint density at radius 1 is 1.19 bits per heavy atom. The molecule has 0 atom stereocenters. The van der Waals surface area contributed by atoms with Crippen molar-refractivity contribution in [3.63, 3.8) is 0 Å². The number of nitrogens with one attached hydrogen (secondary N) is 1. The van der Waals surface area contributed by atoms with Crippen LogP contribution < -0.4 is 14.8 Å². The number of carbonyl (C=O) groups excluding carboxylic acids is 2. The van der Waals surface area contributed by atoms with Crippen molar-refractivity contribution >= 4 is 17.5 Å². The molecule has 6 heteroatoms. The second kappa shape index (κ2) is 6.97. The maximum atomic E-state index is 12.0. The Balaban J connectivity index is 1.97. The smallest absolute Gasteiger partial charge is 0.233 e. The van der Waals surface area contributed by atoms with E-state index in [1.807, 2.05) is 0 Å². The number of hydrogen-bond donors (Lipinski definition) is 1. The fourth-order valence-corrected chi connectivity index (χ4v) is 2.31. The zero-order chi connectivity index (χ0) is 15.2. The molecule has 114 valence electrons. The molecule has 21 heavy (non-hydrogen) atoms. The predicted octanol–water partition coefficient (Wildman–Crippen LogP) is 1.65. The standard InChI is InChI=1S/C15H20N2O4/c1-20-11-5-6-12(13(9-11)21-2)16-14(18)10-15(19)17-7-3-4-8-17/h5-6,9H,3-4,7-8,10H2,1-2H3,(H,16,18). The predicted molar refractivity (Wildman–Crippen MR) is 78.6 cm³/mol. The molecule has 1 fully saturated rings. The molecule has 2 rings (SSSR count). The van der Waals surface area contributed by atoms with E-state index in [9.17, 15) is 9.59 Å². The van der Waals surface area contributed by atoms with Crippen LogP contribution >= 0.6 is 0 Å². The molecule has 1 aliphatic rings. The van der Waals surface area contributed by atoms with Crippen LogP contribution in [0.1, 0.15) is 19.3 Å². The SMILES string of the molecule is COc1ccc(NC(=O)CC(=O)N2CCCC2)c(OC)c1. The number of methoxy groups -OCH3 is 2. The minimum Gasteiger partial charge on any atom is -0.497 e. The van der Waals surface area contributed by atoms with Crippen molar-refractivity contribution in [2.24, 2.45) is 0 Å². The molecule has 2 amide bonds. The summed E-state index contributed by atoms with van der Waals surface area (Å²) in [6.45, 7) is 1.50. The van der Waals surface area contributed by atoms with E-state index in [2.05, 4.69) is 5.32 Å². The molecule has 1 saturated heterocycles. The highest BCUT2D eigenvalue weighted by Crippen LogP contribution is 2.29. The van der Waals surface area contributed by atoms with Gasteiger partial charge in [-0.05, 0) is 25.0 Å². The summed E-state index contributed by atoms with van der Waals surface area (Å²) in [5, 5.41) is 2.70. The number of likely N-dealkylation sites (tertiary alicyclic amines) is 1. The lowest BCUT2D eigenvalue weighted by Gasteiger charge is -2.15. The first-order chi connectivity index (χ1) is 10.1. The van der Waals surface area contributed by atoms with Gasteiger partial charge in [0.05, 0.1) is 19.9 Å². The highest BCUT2D eigenvalue weighted by Gasteiger charge is 2.21. The van der Waals surface area contributed by atoms with Gasteiger partial charge < -0.3 is 19.7 Å². The van der Waals surface area contributed by atoms with Gasteiger partial charge in [0.15, 0.2) is 0 Å². The average Bonchev–Trinajstić information content (AvgIpc) is 3.01. The molecule has 1 N–H and O–H groups in total. The number of hydrogen-bond acceptors (Lipinski definition) is 4. The van der Waals surface area contributed by atoms with Gasteiger partial charge >= 0.3 is 0 Å². The fourth-order valence-electron chi connectivity index (χ4n) is 2.31. The van der Waals surface area contributed by atoms with E-state index in [1.54, 1.807) is 30.2 Å². The summed E-state index contributed by atoms with van der Waals surface area (Å²) in [4.78, 5) is 25.6. The van der Waals surface area contributed by atoms with Gasteiger partial charge in [0, 0.05) is 19.2 Å². The van der Waals surface area contributed by atoms with Crippen molar-refractivity contribution < 1.29 is 19.1 Å². The van der Waals surface area contributed by atoms with Crippen LogP contribution in [0.15, 0.2) is 18.2 Å². The molecule has 0 saturated carbocycles. The van der Waals surface area contributed by atoms with Crippen LogP contribution in [0.4, 0.5) is 5.69 Å². The molecule has 0 aliphatic carbocycles. The Kier molecular flexibility index (Phi) is 5.03. The van der Waals surface area contributed by atoms with Crippen molar-refractivity contribution in [3.8, 4) is 11.5 Å². The van der Waals surface area contributed by atoms with Crippen molar-refractivity contribution in [2.45, 2.75) is 19.3 Å². The minimum atomic E-state index is -0.338. The number of rotatable bonds is 5. The number of nitrogens with zero attached hydrogens (tertiary/aromatic N) is 1. The lowest BCUT2D eigenvalue weighted by Crippen LogP contribution is -2.31. The van der Waals surface area contributed by atoms with Crippen molar-refractivity contribution in [1.29, 1.82) is 0 Å². The molecule has 0 unspecified atom stereocenters. The summed E-state index contributed by atoms with van der Waals surface area (Å²) < 4.78 is 10.3. The van der Waals surface area contributed by atoms with Crippen LogP contribution in [0.25, 0.3) is 0 Å². The number of benzene rings is 1. The van der Waals surface area contributed by atoms with E-state index in [1.165, 1.54) is 7.11 Å². The van der Waals surface area contributed by atoms with Crippen molar-refractivity contribution in [3.05, 3.63) is 18.2 Å². The van der Waals surface area contributed by atoms with E-state index in [-0.39, 0.29) is 18.2 Å².